The quantitative estimate of drug-likeness (QED) is 0.845. The molecule has 2 atom stereocenters. The highest BCUT2D eigenvalue weighted by Gasteiger charge is 2.19. The number of ether oxygens (including phenoxy) is 1. The molecule has 0 aliphatic carbocycles. The van der Waals surface area contributed by atoms with Crippen molar-refractivity contribution in [3.05, 3.63) is 52.5 Å². The first-order chi connectivity index (χ1) is 11.3. The molecule has 1 N–H and O–H groups in total. The molecule has 23 heavy (non-hydrogen) atoms. The summed E-state index contributed by atoms with van der Waals surface area (Å²) < 4.78 is 5.59. The zero-order valence-electron chi connectivity index (χ0n) is 13.1. The zero-order valence-corrected chi connectivity index (χ0v) is 13.9. The van der Waals surface area contributed by atoms with Crippen LogP contribution in [0, 0.1) is 0 Å². The number of aromatic nitrogens is 1. The molecule has 5 heteroatoms. The van der Waals surface area contributed by atoms with Gasteiger partial charge in [-0.05, 0) is 59.7 Å². The lowest BCUT2D eigenvalue weighted by atomic mass is 10.0. The number of carbonyl (C=O) groups excluding carboxylic acids is 1. The van der Waals surface area contributed by atoms with Crippen LogP contribution in [0.25, 0.3) is 0 Å². The Morgan fingerprint density at radius 3 is 3.13 bits per heavy atom. The maximum atomic E-state index is 12.3. The van der Waals surface area contributed by atoms with E-state index in [4.69, 9.17) is 4.74 Å². The smallest absolute Gasteiger partial charge is 0.220 e. The minimum atomic E-state index is -0.0321. The number of thiophene rings is 1. The SMILES string of the molecule is O=C(CC[C@@H]1CCCO1)N[C@@H](Cc1ccsc1)c1cccnc1. The second kappa shape index (κ2) is 8.22. The highest BCUT2D eigenvalue weighted by molar-refractivity contribution is 7.07. The van der Waals surface area contributed by atoms with Gasteiger partial charge >= 0.3 is 0 Å². The number of pyridine rings is 1. The molecule has 3 rings (SSSR count). The monoisotopic (exact) mass is 330 g/mol. The predicted molar refractivity (Wildman–Crippen MR) is 91.4 cm³/mol. The third kappa shape index (κ3) is 4.88. The number of amides is 1. The van der Waals surface area contributed by atoms with E-state index in [0.717, 1.165) is 37.9 Å². The van der Waals surface area contributed by atoms with Crippen molar-refractivity contribution in [2.75, 3.05) is 6.61 Å². The number of nitrogens with zero attached hydrogens (tertiary/aromatic N) is 1. The van der Waals surface area contributed by atoms with Gasteiger partial charge in [-0.1, -0.05) is 6.07 Å². The first kappa shape index (κ1) is 16.1. The molecule has 3 heterocycles. The van der Waals surface area contributed by atoms with Crippen molar-refractivity contribution >= 4 is 17.2 Å². The molecule has 1 saturated heterocycles. The molecule has 1 aliphatic rings. The Kier molecular flexibility index (Phi) is 5.77. The van der Waals surface area contributed by atoms with Crippen LogP contribution in [0.3, 0.4) is 0 Å². The van der Waals surface area contributed by atoms with Crippen LogP contribution in [0.1, 0.15) is 42.9 Å². The van der Waals surface area contributed by atoms with Gasteiger partial charge in [0, 0.05) is 25.4 Å². The Balaban J connectivity index is 1.59. The highest BCUT2D eigenvalue weighted by Crippen LogP contribution is 2.21. The summed E-state index contributed by atoms with van der Waals surface area (Å²) in [6, 6.07) is 6.00. The lowest BCUT2D eigenvalue weighted by Gasteiger charge is -2.19. The summed E-state index contributed by atoms with van der Waals surface area (Å²) in [6.07, 6.45) is 8.16. The Morgan fingerprint density at radius 2 is 2.43 bits per heavy atom. The number of carbonyl (C=O) groups is 1. The van der Waals surface area contributed by atoms with E-state index in [1.54, 1.807) is 17.5 Å². The van der Waals surface area contributed by atoms with E-state index < -0.39 is 0 Å². The summed E-state index contributed by atoms with van der Waals surface area (Å²) in [4.78, 5) is 16.5. The van der Waals surface area contributed by atoms with Gasteiger partial charge in [-0.3, -0.25) is 9.78 Å². The lowest BCUT2D eigenvalue weighted by molar-refractivity contribution is -0.122. The highest BCUT2D eigenvalue weighted by atomic mass is 32.1. The van der Waals surface area contributed by atoms with E-state index in [0.29, 0.717) is 6.42 Å². The van der Waals surface area contributed by atoms with E-state index in [9.17, 15) is 4.79 Å². The van der Waals surface area contributed by atoms with Crippen molar-refractivity contribution in [2.24, 2.45) is 0 Å². The van der Waals surface area contributed by atoms with Gasteiger partial charge in [-0.15, -0.1) is 0 Å². The van der Waals surface area contributed by atoms with Crippen molar-refractivity contribution in [2.45, 2.75) is 44.2 Å². The number of nitrogens with one attached hydrogen (secondary N) is 1. The van der Waals surface area contributed by atoms with Gasteiger partial charge in [0.2, 0.25) is 5.91 Å². The van der Waals surface area contributed by atoms with E-state index in [2.05, 4.69) is 27.1 Å². The van der Waals surface area contributed by atoms with E-state index >= 15 is 0 Å². The minimum Gasteiger partial charge on any atom is -0.378 e. The molecule has 0 unspecified atom stereocenters. The molecule has 0 bridgehead atoms. The summed E-state index contributed by atoms with van der Waals surface area (Å²) in [6.45, 7) is 0.836. The Labute approximate surface area is 140 Å². The van der Waals surface area contributed by atoms with E-state index in [-0.39, 0.29) is 18.1 Å². The average molecular weight is 330 g/mol. The van der Waals surface area contributed by atoms with Crippen LogP contribution in [0.5, 0.6) is 0 Å². The number of hydrogen-bond donors (Lipinski definition) is 1. The van der Waals surface area contributed by atoms with Crippen molar-refractivity contribution in [3.8, 4) is 0 Å². The Morgan fingerprint density at radius 1 is 1.48 bits per heavy atom. The standard InChI is InChI=1S/C18H22N2O2S/c21-18(6-5-16-4-2-9-22-16)20-17(11-14-7-10-23-13-14)15-3-1-8-19-12-15/h1,3,7-8,10,12-13,16-17H,2,4-6,9,11H2,(H,20,21)/t16-,17-/m0/s1. The normalized spacial score (nSPS) is 18.7. The topological polar surface area (TPSA) is 51.2 Å². The molecule has 1 amide bonds. The Hall–Kier alpha value is -1.72. The van der Waals surface area contributed by atoms with Crippen molar-refractivity contribution in [3.63, 3.8) is 0 Å². The molecule has 0 aromatic carbocycles. The van der Waals surface area contributed by atoms with Crippen LogP contribution in [0.2, 0.25) is 0 Å². The van der Waals surface area contributed by atoms with Crippen LogP contribution in [-0.2, 0) is 16.0 Å². The van der Waals surface area contributed by atoms with Crippen LogP contribution in [0.15, 0.2) is 41.4 Å². The van der Waals surface area contributed by atoms with Crippen molar-refractivity contribution in [1.82, 2.24) is 10.3 Å². The fourth-order valence-electron chi connectivity index (χ4n) is 2.91. The second-order valence-corrected chi connectivity index (χ2v) is 6.70. The molecule has 0 spiro atoms. The third-order valence-corrected chi connectivity index (χ3v) is 4.89. The number of rotatable bonds is 7. The summed E-state index contributed by atoms with van der Waals surface area (Å²) >= 11 is 1.68. The number of hydrogen-bond acceptors (Lipinski definition) is 4. The molecular formula is C18H22N2O2S. The van der Waals surface area contributed by atoms with E-state index in [1.165, 1.54) is 5.56 Å². The molecule has 2 aromatic rings. The zero-order chi connectivity index (χ0) is 15.9. The fraction of sp³-hybridized carbons (Fsp3) is 0.444. The fourth-order valence-corrected chi connectivity index (χ4v) is 3.59. The minimum absolute atomic E-state index is 0.0321. The molecule has 4 nitrogen and oxygen atoms in total. The summed E-state index contributed by atoms with van der Waals surface area (Å²) in [7, 11) is 0. The maximum absolute atomic E-state index is 12.3. The first-order valence-corrected chi connectivity index (χ1v) is 9.07. The van der Waals surface area contributed by atoms with Crippen molar-refractivity contribution < 1.29 is 9.53 Å². The van der Waals surface area contributed by atoms with Crippen LogP contribution in [0.4, 0.5) is 0 Å². The van der Waals surface area contributed by atoms with Crippen molar-refractivity contribution in [1.29, 1.82) is 0 Å². The molecule has 1 aliphatic heterocycles. The van der Waals surface area contributed by atoms with Gasteiger partial charge in [-0.2, -0.15) is 11.3 Å². The van der Waals surface area contributed by atoms with Gasteiger partial charge in [0.15, 0.2) is 0 Å². The van der Waals surface area contributed by atoms with Gasteiger partial charge in [0.1, 0.15) is 0 Å². The van der Waals surface area contributed by atoms with E-state index in [1.807, 2.05) is 18.3 Å². The summed E-state index contributed by atoms with van der Waals surface area (Å²) in [5.41, 5.74) is 2.28. The molecule has 2 aromatic heterocycles. The second-order valence-electron chi connectivity index (χ2n) is 5.92. The van der Waals surface area contributed by atoms with Gasteiger partial charge in [-0.25, -0.2) is 0 Å². The molecule has 0 saturated carbocycles. The van der Waals surface area contributed by atoms with Gasteiger partial charge < -0.3 is 10.1 Å². The van der Waals surface area contributed by atoms with Gasteiger partial charge in [0.25, 0.3) is 0 Å². The molecular weight excluding hydrogens is 308 g/mol. The van der Waals surface area contributed by atoms with Gasteiger partial charge in [0.05, 0.1) is 12.1 Å². The third-order valence-electron chi connectivity index (χ3n) is 4.16. The Bertz CT molecular complexity index is 595. The van der Waals surface area contributed by atoms with Crippen LogP contribution < -0.4 is 5.32 Å². The molecule has 122 valence electrons. The summed E-state index contributed by atoms with van der Waals surface area (Å²) in [5.74, 6) is 0.0876. The molecule has 0 radical (unpaired) electrons. The first-order valence-electron chi connectivity index (χ1n) is 8.13. The predicted octanol–water partition coefficient (Wildman–Crippen LogP) is 3.50. The van der Waals surface area contributed by atoms with Crippen LogP contribution >= 0.6 is 11.3 Å². The van der Waals surface area contributed by atoms with Crippen LogP contribution in [-0.4, -0.2) is 23.6 Å². The summed E-state index contributed by atoms with van der Waals surface area (Å²) in [5, 5.41) is 7.36. The lowest BCUT2D eigenvalue weighted by Crippen LogP contribution is -2.30. The maximum Gasteiger partial charge on any atom is 0.220 e. The largest absolute Gasteiger partial charge is 0.378 e. The average Bonchev–Trinajstić information content (AvgIpc) is 3.27. The molecule has 1 fully saturated rings.